The number of aliphatic carboxylic acids is 1. The van der Waals surface area contributed by atoms with Crippen LogP contribution in [0.3, 0.4) is 0 Å². The largest absolute Gasteiger partial charge is 0.480 e. The maximum atomic E-state index is 13.1. The van der Waals surface area contributed by atoms with Gasteiger partial charge in [0, 0.05) is 36.1 Å². The summed E-state index contributed by atoms with van der Waals surface area (Å²) in [6.07, 6.45) is 7.73. The topological polar surface area (TPSA) is 102 Å². The summed E-state index contributed by atoms with van der Waals surface area (Å²) >= 11 is 5.96. The number of hydrazine groups is 1. The second kappa shape index (κ2) is 13.2. The van der Waals surface area contributed by atoms with Gasteiger partial charge >= 0.3 is 5.97 Å². The molecule has 194 valence electrons. The molecule has 2 fully saturated rings. The Labute approximate surface area is 213 Å². The highest BCUT2D eigenvalue weighted by molar-refractivity contribution is 6.30. The zero-order chi connectivity index (χ0) is 25.4. The summed E-state index contributed by atoms with van der Waals surface area (Å²) < 4.78 is 0. The maximum Gasteiger partial charge on any atom is 0.317 e. The van der Waals surface area contributed by atoms with E-state index < -0.39 is 12.0 Å². The van der Waals surface area contributed by atoms with Gasteiger partial charge in [-0.3, -0.25) is 25.1 Å². The van der Waals surface area contributed by atoms with Gasteiger partial charge in [-0.1, -0.05) is 56.8 Å². The first-order chi connectivity index (χ1) is 16.7. The quantitative estimate of drug-likeness (QED) is 0.450. The Balaban J connectivity index is 1.59. The van der Waals surface area contributed by atoms with Crippen LogP contribution < -0.4 is 10.7 Å². The van der Waals surface area contributed by atoms with Gasteiger partial charge in [0.25, 0.3) is 5.91 Å². The Morgan fingerprint density at radius 1 is 1.03 bits per heavy atom. The first-order valence-corrected chi connectivity index (χ1v) is 13.2. The zero-order valence-corrected chi connectivity index (χ0v) is 21.6. The number of hydrogen-bond donors (Lipinski definition) is 3. The van der Waals surface area contributed by atoms with Gasteiger partial charge in [-0.25, -0.2) is 5.01 Å². The third-order valence-electron chi connectivity index (χ3n) is 7.01. The molecule has 8 nitrogen and oxygen atoms in total. The number of benzene rings is 1. The molecule has 3 N–H and O–H groups in total. The van der Waals surface area contributed by atoms with E-state index in [4.69, 9.17) is 16.7 Å². The van der Waals surface area contributed by atoms with E-state index in [2.05, 4.69) is 15.6 Å². The molecule has 1 aliphatic heterocycles. The monoisotopic (exact) mass is 506 g/mol. The van der Waals surface area contributed by atoms with Crippen molar-refractivity contribution in [2.24, 2.45) is 5.92 Å². The van der Waals surface area contributed by atoms with Crippen molar-refractivity contribution in [3.8, 4) is 0 Å². The van der Waals surface area contributed by atoms with Crippen LogP contribution in [0.2, 0.25) is 5.02 Å². The van der Waals surface area contributed by atoms with Gasteiger partial charge in [-0.05, 0) is 49.8 Å². The molecule has 3 rings (SSSR count). The average Bonchev–Trinajstić information content (AvgIpc) is 2.84. The highest BCUT2D eigenvalue weighted by Crippen LogP contribution is 2.29. The first kappa shape index (κ1) is 27.4. The van der Waals surface area contributed by atoms with Gasteiger partial charge < -0.3 is 10.0 Å². The lowest BCUT2D eigenvalue weighted by Crippen LogP contribution is -2.58. The maximum absolute atomic E-state index is 13.1. The fourth-order valence-electron chi connectivity index (χ4n) is 5.13. The number of amides is 2. The van der Waals surface area contributed by atoms with Gasteiger partial charge in [-0.2, -0.15) is 0 Å². The molecule has 1 aromatic carbocycles. The molecule has 0 unspecified atom stereocenters. The molecule has 9 heteroatoms. The van der Waals surface area contributed by atoms with Crippen LogP contribution in [0.1, 0.15) is 64.4 Å². The smallest absolute Gasteiger partial charge is 0.317 e. The molecule has 1 heterocycles. The van der Waals surface area contributed by atoms with Crippen molar-refractivity contribution in [2.45, 2.75) is 83.3 Å². The van der Waals surface area contributed by atoms with E-state index in [1.807, 2.05) is 31.0 Å². The Hall–Kier alpha value is -2.16. The predicted octanol–water partition coefficient (Wildman–Crippen LogP) is 3.24. The molecule has 0 radical (unpaired) electrons. The Bertz CT molecular complexity index is 849. The van der Waals surface area contributed by atoms with E-state index in [-0.39, 0.29) is 30.3 Å². The van der Waals surface area contributed by atoms with Crippen molar-refractivity contribution in [2.75, 3.05) is 19.6 Å². The van der Waals surface area contributed by atoms with Crippen molar-refractivity contribution >= 4 is 29.4 Å². The zero-order valence-electron chi connectivity index (χ0n) is 20.8. The normalized spacial score (nSPS) is 18.9. The molecule has 0 bridgehead atoms. The summed E-state index contributed by atoms with van der Waals surface area (Å²) in [6.45, 7) is 4.94. The van der Waals surface area contributed by atoms with Crippen LogP contribution in [0.15, 0.2) is 24.3 Å². The number of rotatable bonds is 10. The van der Waals surface area contributed by atoms with Crippen molar-refractivity contribution < 1.29 is 19.5 Å². The van der Waals surface area contributed by atoms with Crippen LogP contribution in [0.5, 0.6) is 0 Å². The summed E-state index contributed by atoms with van der Waals surface area (Å²) in [6, 6.07) is 7.01. The highest BCUT2D eigenvalue weighted by atomic mass is 35.5. The van der Waals surface area contributed by atoms with Crippen molar-refractivity contribution in [3.05, 3.63) is 34.9 Å². The van der Waals surface area contributed by atoms with Crippen LogP contribution in [0.25, 0.3) is 0 Å². The van der Waals surface area contributed by atoms with Gasteiger partial charge in [-0.15, -0.1) is 0 Å². The molecular weight excluding hydrogens is 468 g/mol. The number of carboxylic acid groups (broad SMARTS) is 1. The van der Waals surface area contributed by atoms with Crippen molar-refractivity contribution in [1.29, 1.82) is 0 Å². The minimum Gasteiger partial charge on any atom is -0.480 e. The van der Waals surface area contributed by atoms with Crippen molar-refractivity contribution in [1.82, 2.24) is 20.7 Å². The van der Waals surface area contributed by atoms with Crippen LogP contribution >= 0.6 is 11.6 Å². The lowest BCUT2D eigenvalue weighted by molar-refractivity contribution is -0.143. The molecule has 1 saturated heterocycles. The van der Waals surface area contributed by atoms with Gasteiger partial charge in [0.2, 0.25) is 5.91 Å². The minimum atomic E-state index is -1.02. The molecule has 1 aliphatic carbocycles. The number of carbonyl (C=O) groups is 3. The van der Waals surface area contributed by atoms with E-state index in [0.717, 1.165) is 31.2 Å². The Morgan fingerprint density at radius 2 is 1.63 bits per heavy atom. The lowest BCUT2D eigenvalue weighted by Gasteiger charge is -2.44. The standard InChI is InChI=1S/C26H39ClN4O4/c1-18(2)26(35)31(21-6-4-3-5-7-21)22-12-14-30(15-13-22)29-25(34)23(28-17-24(32)33)16-19-8-10-20(27)11-9-19/h8-11,18,21-23,28H,3-7,12-17H2,1-2H3,(H,29,34)(H,32,33)/t23-/m1/s1. The van der Waals surface area contributed by atoms with Crippen LogP contribution in [-0.4, -0.2) is 70.6 Å². The van der Waals surface area contributed by atoms with Crippen LogP contribution in [0.4, 0.5) is 0 Å². The second-order valence-corrected chi connectivity index (χ2v) is 10.5. The van der Waals surface area contributed by atoms with Crippen LogP contribution in [-0.2, 0) is 20.8 Å². The van der Waals surface area contributed by atoms with E-state index in [9.17, 15) is 14.4 Å². The molecular formula is C26H39ClN4O4. The van der Waals surface area contributed by atoms with E-state index in [1.54, 1.807) is 12.1 Å². The fraction of sp³-hybridized carbons (Fsp3) is 0.654. The third kappa shape index (κ3) is 8.19. The van der Waals surface area contributed by atoms with Crippen LogP contribution in [0, 0.1) is 5.92 Å². The summed E-state index contributed by atoms with van der Waals surface area (Å²) in [4.78, 5) is 39.4. The predicted molar refractivity (Wildman–Crippen MR) is 136 cm³/mol. The molecule has 2 amide bonds. The number of carbonyl (C=O) groups excluding carboxylic acids is 2. The number of nitrogens with zero attached hydrogens (tertiary/aromatic N) is 2. The number of nitrogens with one attached hydrogen (secondary N) is 2. The summed E-state index contributed by atoms with van der Waals surface area (Å²) in [7, 11) is 0. The van der Waals surface area contributed by atoms with Gasteiger partial charge in [0.15, 0.2) is 0 Å². The third-order valence-corrected chi connectivity index (χ3v) is 7.26. The second-order valence-electron chi connectivity index (χ2n) is 10.0. The van der Waals surface area contributed by atoms with E-state index in [0.29, 0.717) is 30.6 Å². The molecule has 35 heavy (non-hydrogen) atoms. The first-order valence-electron chi connectivity index (χ1n) is 12.8. The van der Waals surface area contributed by atoms with Gasteiger partial charge in [0.05, 0.1) is 12.6 Å². The lowest BCUT2D eigenvalue weighted by atomic mass is 9.90. The SMILES string of the molecule is CC(C)C(=O)N(C1CCCCC1)C1CCN(NC(=O)[C@@H](Cc2ccc(Cl)cc2)NCC(=O)O)CC1. The summed E-state index contributed by atoms with van der Waals surface area (Å²) in [5, 5.41) is 14.4. The molecule has 1 aromatic rings. The Morgan fingerprint density at radius 3 is 2.20 bits per heavy atom. The van der Waals surface area contributed by atoms with Crippen molar-refractivity contribution in [3.63, 3.8) is 0 Å². The number of halogens is 1. The fourth-order valence-corrected chi connectivity index (χ4v) is 5.26. The molecule has 1 atom stereocenters. The number of piperidine rings is 1. The molecule has 0 spiro atoms. The molecule has 0 aromatic heterocycles. The highest BCUT2D eigenvalue weighted by Gasteiger charge is 2.35. The summed E-state index contributed by atoms with van der Waals surface area (Å²) in [5.74, 6) is -1.07. The Kier molecular flexibility index (Phi) is 10.4. The number of hydrogen-bond acceptors (Lipinski definition) is 5. The number of carboxylic acids is 1. The summed E-state index contributed by atoms with van der Waals surface area (Å²) in [5.41, 5.74) is 3.87. The minimum absolute atomic E-state index is 0.0244. The molecule has 1 saturated carbocycles. The van der Waals surface area contributed by atoms with Gasteiger partial charge in [0.1, 0.15) is 0 Å². The molecule has 2 aliphatic rings. The van der Waals surface area contributed by atoms with E-state index in [1.165, 1.54) is 19.3 Å². The van der Waals surface area contributed by atoms with E-state index >= 15 is 0 Å². The average molecular weight is 507 g/mol.